The molecule has 0 radical (unpaired) electrons. The van der Waals surface area contributed by atoms with Gasteiger partial charge in [0, 0.05) is 23.6 Å². The molecule has 0 bridgehead atoms. The number of ether oxygens (including phenoxy) is 2. The fraction of sp³-hybridized carbons (Fsp3) is 0.333. The molecule has 3 rings (SSSR count). The number of carbonyl (C=O) groups is 1. The number of rotatable bonds is 6. The van der Waals surface area contributed by atoms with Crippen molar-refractivity contribution in [1.29, 1.82) is 0 Å². The summed E-state index contributed by atoms with van der Waals surface area (Å²) in [6, 6.07) is 8.83. The van der Waals surface area contributed by atoms with Crippen LogP contribution in [0.1, 0.15) is 28.9 Å². The van der Waals surface area contributed by atoms with Crippen molar-refractivity contribution >= 4 is 11.6 Å². The molecular formula is C18H20N2O3. The van der Waals surface area contributed by atoms with Gasteiger partial charge < -0.3 is 14.8 Å². The van der Waals surface area contributed by atoms with Crippen LogP contribution in [0.3, 0.4) is 0 Å². The van der Waals surface area contributed by atoms with Gasteiger partial charge in [-0.25, -0.2) is 0 Å². The van der Waals surface area contributed by atoms with Crippen molar-refractivity contribution in [2.24, 2.45) is 5.92 Å². The van der Waals surface area contributed by atoms with Crippen molar-refractivity contribution in [3.63, 3.8) is 0 Å². The molecule has 0 unspecified atom stereocenters. The minimum Gasteiger partial charge on any atom is -0.497 e. The number of benzene rings is 1. The zero-order valence-corrected chi connectivity index (χ0v) is 13.3. The average molecular weight is 312 g/mol. The van der Waals surface area contributed by atoms with E-state index in [1.807, 2.05) is 13.0 Å². The van der Waals surface area contributed by atoms with E-state index in [9.17, 15) is 4.79 Å². The van der Waals surface area contributed by atoms with Crippen LogP contribution < -0.4 is 14.8 Å². The second kappa shape index (κ2) is 6.69. The summed E-state index contributed by atoms with van der Waals surface area (Å²) in [4.78, 5) is 16.7. The van der Waals surface area contributed by atoms with E-state index < -0.39 is 0 Å². The van der Waals surface area contributed by atoms with Crippen LogP contribution in [0.4, 0.5) is 5.69 Å². The molecule has 0 aliphatic heterocycles. The van der Waals surface area contributed by atoms with Crippen molar-refractivity contribution in [3.8, 4) is 11.5 Å². The third-order valence-corrected chi connectivity index (χ3v) is 3.76. The summed E-state index contributed by atoms with van der Waals surface area (Å²) in [5.74, 6) is 1.63. The molecule has 1 heterocycles. The Hall–Kier alpha value is -2.56. The maximum atomic E-state index is 12.6. The molecule has 1 aliphatic rings. The van der Waals surface area contributed by atoms with Crippen molar-refractivity contribution in [1.82, 2.24) is 4.98 Å². The molecule has 1 N–H and O–H groups in total. The molecule has 0 atom stereocenters. The number of pyridine rings is 1. The Kier molecular flexibility index (Phi) is 4.46. The van der Waals surface area contributed by atoms with Crippen LogP contribution in [0.15, 0.2) is 36.5 Å². The Balaban J connectivity index is 1.79. The van der Waals surface area contributed by atoms with Crippen LogP contribution in [0.25, 0.3) is 0 Å². The molecule has 23 heavy (non-hydrogen) atoms. The Morgan fingerprint density at radius 1 is 1.30 bits per heavy atom. The van der Waals surface area contributed by atoms with Gasteiger partial charge in [-0.05, 0) is 49.9 Å². The fourth-order valence-corrected chi connectivity index (χ4v) is 2.25. The van der Waals surface area contributed by atoms with Crippen molar-refractivity contribution in [2.45, 2.75) is 19.8 Å². The summed E-state index contributed by atoms with van der Waals surface area (Å²) < 4.78 is 11.1. The lowest BCUT2D eigenvalue weighted by Crippen LogP contribution is -2.14. The SMILES string of the molecule is COc1ccc(C(=O)Nc2ccnc(C)c2)c(OCC2CC2)c1. The second-order valence-corrected chi connectivity index (χ2v) is 5.76. The Morgan fingerprint density at radius 3 is 2.83 bits per heavy atom. The number of carbonyl (C=O) groups excluding carboxylic acids is 1. The zero-order chi connectivity index (χ0) is 16.2. The molecule has 0 saturated heterocycles. The predicted molar refractivity (Wildman–Crippen MR) is 88.1 cm³/mol. The summed E-state index contributed by atoms with van der Waals surface area (Å²) in [7, 11) is 1.60. The van der Waals surface area contributed by atoms with Gasteiger partial charge in [0.25, 0.3) is 5.91 Å². The van der Waals surface area contributed by atoms with E-state index in [-0.39, 0.29) is 5.91 Å². The first-order valence-electron chi connectivity index (χ1n) is 7.70. The summed E-state index contributed by atoms with van der Waals surface area (Å²) in [6.07, 6.45) is 4.06. The lowest BCUT2D eigenvalue weighted by Gasteiger charge is -2.13. The van der Waals surface area contributed by atoms with Gasteiger partial charge in [-0.15, -0.1) is 0 Å². The minimum atomic E-state index is -0.205. The Bertz CT molecular complexity index is 711. The first-order valence-corrected chi connectivity index (χ1v) is 7.70. The van der Waals surface area contributed by atoms with E-state index in [0.29, 0.717) is 35.3 Å². The molecule has 2 aromatic rings. The summed E-state index contributed by atoms with van der Waals surface area (Å²) in [5.41, 5.74) is 2.06. The Labute approximate surface area is 135 Å². The average Bonchev–Trinajstić information content (AvgIpc) is 3.37. The smallest absolute Gasteiger partial charge is 0.259 e. The number of aromatic nitrogens is 1. The molecule has 1 amide bonds. The van der Waals surface area contributed by atoms with Crippen LogP contribution in [-0.2, 0) is 0 Å². The van der Waals surface area contributed by atoms with Crippen LogP contribution in [0.2, 0.25) is 0 Å². The van der Waals surface area contributed by atoms with Gasteiger partial charge in [-0.3, -0.25) is 9.78 Å². The van der Waals surface area contributed by atoms with Gasteiger partial charge in [0.2, 0.25) is 0 Å². The summed E-state index contributed by atoms with van der Waals surface area (Å²) in [6.45, 7) is 2.52. The number of nitrogens with one attached hydrogen (secondary N) is 1. The zero-order valence-electron chi connectivity index (χ0n) is 13.3. The quantitative estimate of drug-likeness (QED) is 0.887. The number of aryl methyl sites for hydroxylation is 1. The predicted octanol–water partition coefficient (Wildman–Crippen LogP) is 3.44. The lowest BCUT2D eigenvalue weighted by atomic mass is 10.1. The third-order valence-electron chi connectivity index (χ3n) is 3.76. The van der Waals surface area contributed by atoms with Gasteiger partial charge in [0.1, 0.15) is 11.5 Å². The van der Waals surface area contributed by atoms with E-state index >= 15 is 0 Å². The van der Waals surface area contributed by atoms with Gasteiger partial charge in [0.15, 0.2) is 0 Å². The maximum absolute atomic E-state index is 12.6. The highest BCUT2D eigenvalue weighted by Crippen LogP contribution is 2.32. The molecule has 120 valence electrons. The normalized spacial score (nSPS) is 13.5. The van der Waals surface area contributed by atoms with Gasteiger partial charge in [-0.2, -0.15) is 0 Å². The number of anilines is 1. The monoisotopic (exact) mass is 312 g/mol. The van der Waals surface area contributed by atoms with Crippen LogP contribution in [0, 0.1) is 12.8 Å². The molecule has 1 fully saturated rings. The first-order chi connectivity index (χ1) is 11.2. The Morgan fingerprint density at radius 2 is 2.13 bits per heavy atom. The van der Waals surface area contributed by atoms with Gasteiger partial charge in [-0.1, -0.05) is 0 Å². The first kappa shape index (κ1) is 15.3. The highest BCUT2D eigenvalue weighted by molar-refractivity contribution is 6.06. The number of methoxy groups -OCH3 is 1. The number of amides is 1. The molecule has 0 spiro atoms. The lowest BCUT2D eigenvalue weighted by molar-refractivity contribution is 0.102. The molecule has 1 saturated carbocycles. The summed E-state index contributed by atoms with van der Waals surface area (Å²) >= 11 is 0. The van der Waals surface area contributed by atoms with E-state index in [0.717, 1.165) is 5.69 Å². The van der Waals surface area contributed by atoms with E-state index in [4.69, 9.17) is 9.47 Å². The number of hydrogen-bond donors (Lipinski definition) is 1. The number of hydrogen-bond acceptors (Lipinski definition) is 4. The van der Waals surface area contributed by atoms with Crippen LogP contribution in [-0.4, -0.2) is 24.6 Å². The standard InChI is InChI=1S/C18H20N2O3/c1-12-9-14(7-8-19-12)20-18(21)16-6-5-15(22-2)10-17(16)23-11-13-3-4-13/h5-10,13H,3-4,11H2,1-2H3,(H,19,20,21). The molecule has 5 heteroatoms. The van der Waals surface area contributed by atoms with E-state index in [1.54, 1.807) is 37.6 Å². The molecule has 1 aliphatic carbocycles. The maximum Gasteiger partial charge on any atom is 0.259 e. The third kappa shape index (κ3) is 4.00. The molecule has 1 aromatic heterocycles. The fourth-order valence-electron chi connectivity index (χ4n) is 2.25. The van der Waals surface area contributed by atoms with E-state index in [1.165, 1.54) is 12.8 Å². The van der Waals surface area contributed by atoms with E-state index in [2.05, 4.69) is 10.3 Å². The van der Waals surface area contributed by atoms with Gasteiger partial charge in [0.05, 0.1) is 19.3 Å². The molecule has 5 nitrogen and oxygen atoms in total. The van der Waals surface area contributed by atoms with Crippen LogP contribution in [0.5, 0.6) is 11.5 Å². The van der Waals surface area contributed by atoms with Crippen molar-refractivity contribution in [2.75, 3.05) is 19.0 Å². The van der Waals surface area contributed by atoms with Crippen LogP contribution >= 0.6 is 0 Å². The number of nitrogens with zero attached hydrogens (tertiary/aromatic N) is 1. The summed E-state index contributed by atoms with van der Waals surface area (Å²) in [5, 5.41) is 2.88. The molecular weight excluding hydrogens is 292 g/mol. The second-order valence-electron chi connectivity index (χ2n) is 5.76. The largest absolute Gasteiger partial charge is 0.497 e. The van der Waals surface area contributed by atoms with Gasteiger partial charge >= 0.3 is 0 Å². The topological polar surface area (TPSA) is 60.5 Å². The molecule has 1 aromatic carbocycles. The minimum absolute atomic E-state index is 0.205. The van der Waals surface area contributed by atoms with Crippen molar-refractivity contribution in [3.05, 3.63) is 47.8 Å². The highest BCUT2D eigenvalue weighted by atomic mass is 16.5. The van der Waals surface area contributed by atoms with Crippen molar-refractivity contribution < 1.29 is 14.3 Å². The highest BCUT2D eigenvalue weighted by Gasteiger charge is 2.23.